The number of unbranched alkanes of at least 4 members (excludes halogenated alkanes) is 9. The standard InChI is InChI=1S/C21H42O5/c1-3-5-6-7-8-9-10-11-12-13-14-16(4-2)21-20(25)19(24)18(23)17(15-22)26-21/h16-25H,3-15H2,1-2H3/t16?,17-,18-,19+,20-,21?/m1/s1. The minimum absolute atomic E-state index is 0.134. The van der Waals surface area contributed by atoms with Crippen LogP contribution in [-0.4, -0.2) is 57.6 Å². The van der Waals surface area contributed by atoms with Crippen LogP contribution >= 0.6 is 0 Å². The van der Waals surface area contributed by atoms with E-state index in [1.807, 2.05) is 0 Å². The molecule has 0 aliphatic carbocycles. The van der Waals surface area contributed by atoms with Crippen molar-refractivity contribution in [1.82, 2.24) is 0 Å². The van der Waals surface area contributed by atoms with Crippen molar-refractivity contribution in [2.24, 2.45) is 5.92 Å². The molecule has 156 valence electrons. The average molecular weight is 375 g/mol. The average Bonchev–Trinajstić information content (AvgIpc) is 2.65. The van der Waals surface area contributed by atoms with Gasteiger partial charge in [-0.2, -0.15) is 0 Å². The third kappa shape index (κ3) is 7.81. The highest BCUT2D eigenvalue weighted by Crippen LogP contribution is 2.30. The van der Waals surface area contributed by atoms with E-state index < -0.39 is 30.5 Å². The molecule has 0 bridgehead atoms. The number of aliphatic hydroxyl groups is 4. The summed E-state index contributed by atoms with van der Waals surface area (Å²) in [6.07, 6.45) is 9.74. The van der Waals surface area contributed by atoms with Gasteiger partial charge in [0, 0.05) is 0 Å². The molecular formula is C21H42O5. The summed E-state index contributed by atoms with van der Waals surface area (Å²) in [6.45, 7) is 3.95. The van der Waals surface area contributed by atoms with Gasteiger partial charge >= 0.3 is 0 Å². The SMILES string of the molecule is CCCCCCCCCCCCC(CC)C1O[C@H](CO)[C@@H](O)[C@H](O)[C@H]1O. The molecule has 0 saturated carbocycles. The largest absolute Gasteiger partial charge is 0.394 e. The Bertz CT molecular complexity index is 336. The molecule has 1 rings (SSSR count). The number of hydrogen-bond acceptors (Lipinski definition) is 5. The zero-order chi connectivity index (χ0) is 19.4. The molecule has 0 aromatic carbocycles. The Labute approximate surface area is 159 Å². The lowest BCUT2D eigenvalue weighted by molar-refractivity contribution is -0.241. The predicted molar refractivity (Wildman–Crippen MR) is 104 cm³/mol. The lowest BCUT2D eigenvalue weighted by Crippen LogP contribution is -2.60. The first-order valence-electron chi connectivity index (χ1n) is 10.9. The highest BCUT2D eigenvalue weighted by Gasteiger charge is 2.45. The summed E-state index contributed by atoms with van der Waals surface area (Å²) >= 11 is 0. The van der Waals surface area contributed by atoms with Gasteiger partial charge < -0.3 is 25.2 Å². The van der Waals surface area contributed by atoms with E-state index in [1.165, 1.54) is 57.8 Å². The molecule has 2 unspecified atom stereocenters. The van der Waals surface area contributed by atoms with Crippen molar-refractivity contribution in [3.05, 3.63) is 0 Å². The summed E-state index contributed by atoms with van der Waals surface area (Å²) < 4.78 is 5.72. The van der Waals surface area contributed by atoms with Gasteiger partial charge in [0.15, 0.2) is 0 Å². The lowest BCUT2D eigenvalue weighted by Gasteiger charge is -2.43. The van der Waals surface area contributed by atoms with Gasteiger partial charge in [-0.1, -0.05) is 84.5 Å². The molecule has 1 heterocycles. The Balaban J connectivity index is 2.23. The fourth-order valence-electron chi connectivity index (χ4n) is 4.01. The number of hydrogen-bond donors (Lipinski definition) is 4. The van der Waals surface area contributed by atoms with Crippen LogP contribution in [0.25, 0.3) is 0 Å². The second kappa shape index (κ2) is 13.9. The van der Waals surface area contributed by atoms with Gasteiger partial charge in [-0.25, -0.2) is 0 Å². The Morgan fingerprint density at radius 3 is 1.77 bits per heavy atom. The Morgan fingerprint density at radius 1 is 0.731 bits per heavy atom. The van der Waals surface area contributed by atoms with Crippen molar-refractivity contribution in [3.8, 4) is 0 Å². The molecule has 6 atom stereocenters. The van der Waals surface area contributed by atoms with Crippen LogP contribution in [-0.2, 0) is 4.74 Å². The smallest absolute Gasteiger partial charge is 0.111 e. The first-order chi connectivity index (χ1) is 12.6. The highest BCUT2D eigenvalue weighted by atomic mass is 16.5. The van der Waals surface area contributed by atoms with Crippen LogP contribution in [0.3, 0.4) is 0 Å². The van der Waals surface area contributed by atoms with Gasteiger partial charge in [0.1, 0.15) is 24.4 Å². The first kappa shape index (κ1) is 23.8. The summed E-state index contributed by atoms with van der Waals surface area (Å²) in [6, 6.07) is 0. The molecule has 0 spiro atoms. The molecule has 1 saturated heterocycles. The van der Waals surface area contributed by atoms with Crippen molar-refractivity contribution < 1.29 is 25.2 Å². The van der Waals surface area contributed by atoms with Crippen LogP contribution in [0.5, 0.6) is 0 Å². The molecule has 1 aliphatic rings. The maximum atomic E-state index is 10.3. The number of ether oxygens (including phenoxy) is 1. The fourth-order valence-corrected chi connectivity index (χ4v) is 4.01. The molecule has 0 radical (unpaired) electrons. The van der Waals surface area contributed by atoms with Crippen molar-refractivity contribution in [2.75, 3.05) is 6.61 Å². The van der Waals surface area contributed by atoms with E-state index in [4.69, 9.17) is 4.74 Å². The minimum atomic E-state index is -1.26. The predicted octanol–water partition coefficient (Wildman–Crippen LogP) is 3.17. The normalized spacial score (nSPS) is 30.5. The molecule has 5 heteroatoms. The fraction of sp³-hybridized carbons (Fsp3) is 1.00. The van der Waals surface area contributed by atoms with Crippen LogP contribution in [0.4, 0.5) is 0 Å². The van der Waals surface area contributed by atoms with Crippen molar-refractivity contribution in [1.29, 1.82) is 0 Å². The summed E-state index contributed by atoms with van der Waals surface area (Å²) in [4.78, 5) is 0. The zero-order valence-electron chi connectivity index (χ0n) is 16.9. The molecule has 0 aromatic rings. The molecule has 1 aliphatic heterocycles. The van der Waals surface area contributed by atoms with E-state index in [0.29, 0.717) is 0 Å². The maximum Gasteiger partial charge on any atom is 0.111 e. The van der Waals surface area contributed by atoms with E-state index in [-0.39, 0.29) is 12.5 Å². The number of rotatable bonds is 14. The zero-order valence-corrected chi connectivity index (χ0v) is 16.9. The van der Waals surface area contributed by atoms with Crippen LogP contribution in [0, 0.1) is 5.92 Å². The van der Waals surface area contributed by atoms with Gasteiger partial charge in [-0.15, -0.1) is 0 Å². The monoisotopic (exact) mass is 374 g/mol. The van der Waals surface area contributed by atoms with Crippen LogP contribution < -0.4 is 0 Å². The van der Waals surface area contributed by atoms with Gasteiger partial charge in [0.2, 0.25) is 0 Å². The third-order valence-corrected chi connectivity index (χ3v) is 5.85. The van der Waals surface area contributed by atoms with Gasteiger partial charge in [0.25, 0.3) is 0 Å². The molecule has 1 fully saturated rings. The maximum absolute atomic E-state index is 10.3. The first-order valence-corrected chi connectivity index (χ1v) is 10.9. The summed E-state index contributed by atoms with van der Waals surface area (Å²) in [5, 5.41) is 39.5. The summed E-state index contributed by atoms with van der Waals surface area (Å²) in [5.41, 5.74) is 0. The Hall–Kier alpha value is -0.200. The van der Waals surface area contributed by atoms with Gasteiger partial charge in [-0.05, 0) is 12.3 Å². The molecule has 4 N–H and O–H groups in total. The van der Waals surface area contributed by atoms with E-state index in [2.05, 4.69) is 13.8 Å². The molecule has 0 amide bonds. The number of aliphatic hydroxyl groups excluding tert-OH is 4. The van der Waals surface area contributed by atoms with Crippen LogP contribution in [0.2, 0.25) is 0 Å². The van der Waals surface area contributed by atoms with Crippen molar-refractivity contribution >= 4 is 0 Å². The van der Waals surface area contributed by atoms with Crippen molar-refractivity contribution in [3.63, 3.8) is 0 Å². The second-order valence-electron chi connectivity index (χ2n) is 7.93. The van der Waals surface area contributed by atoms with E-state index >= 15 is 0 Å². The topological polar surface area (TPSA) is 90.2 Å². The molecule has 26 heavy (non-hydrogen) atoms. The quantitative estimate of drug-likeness (QED) is 0.351. The Morgan fingerprint density at radius 2 is 1.27 bits per heavy atom. The van der Waals surface area contributed by atoms with Gasteiger partial charge in [0.05, 0.1) is 12.7 Å². The van der Waals surface area contributed by atoms with Crippen molar-refractivity contribution in [2.45, 2.75) is 121 Å². The van der Waals surface area contributed by atoms with Crippen LogP contribution in [0.15, 0.2) is 0 Å². The third-order valence-electron chi connectivity index (χ3n) is 5.85. The highest BCUT2D eigenvalue weighted by molar-refractivity contribution is 4.94. The molecule has 5 nitrogen and oxygen atoms in total. The summed E-state index contributed by atoms with van der Waals surface area (Å²) in [7, 11) is 0. The van der Waals surface area contributed by atoms with E-state index in [1.54, 1.807) is 0 Å². The van der Waals surface area contributed by atoms with Gasteiger partial charge in [-0.3, -0.25) is 0 Å². The second-order valence-corrected chi connectivity index (χ2v) is 7.93. The lowest BCUT2D eigenvalue weighted by atomic mass is 9.84. The molecular weight excluding hydrogens is 332 g/mol. The van der Waals surface area contributed by atoms with Crippen LogP contribution in [0.1, 0.15) is 90.9 Å². The summed E-state index contributed by atoms with van der Waals surface area (Å²) in [5.74, 6) is 0.134. The van der Waals surface area contributed by atoms with E-state index in [9.17, 15) is 20.4 Å². The minimum Gasteiger partial charge on any atom is -0.394 e. The Kier molecular flexibility index (Phi) is 12.7. The molecule has 0 aromatic heterocycles. The van der Waals surface area contributed by atoms with E-state index in [0.717, 1.165) is 19.3 Å².